The Hall–Kier alpha value is -2.45. The van der Waals surface area contributed by atoms with Crippen LogP contribution in [0.1, 0.15) is 33.6 Å². The molecule has 9 nitrogen and oxygen atoms in total. The molecule has 2 N–H and O–H groups in total. The smallest absolute Gasteiger partial charge is 0.334 e. The maximum Gasteiger partial charge on any atom is 0.334 e. The molecule has 1 aliphatic heterocycles. The van der Waals surface area contributed by atoms with E-state index in [1.54, 1.807) is 13.8 Å². The molecule has 7 amide bonds. The van der Waals surface area contributed by atoms with Crippen molar-refractivity contribution in [1.29, 1.82) is 0 Å². The number of nitrogens with one attached hydrogen (secondary N) is 2. The summed E-state index contributed by atoms with van der Waals surface area (Å²) in [5.74, 6) is -2.85. The summed E-state index contributed by atoms with van der Waals surface area (Å²) in [6, 6.07) is -1.54. The van der Waals surface area contributed by atoms with Crippen molar-refractivity contribution in [3.05, 3.63) is 0 Å². The molecule has 0 saturated carbocycles. The van der Waals surface area contributed by atoms with Gasteiger partial charge in [0.1, 0.15) is 6.54 Å². The Kier molecular flexibility index (Phi) is 6.67. The minimum absolute atomic E-state index is 0.00572. The van der Waals surface area contributed by atoms with Crippen LogP contribution in [-0.2, 0) is 14.4 Å². The molecule has 1 heterocycles. The molecule has 1 aliphatic rings. The van der Waals surface area contributed by atoms with E-state index in [-0.39, 0.29) is 12.5 Å². The lowest BCUT2D eigenvalue weighted by Gasteiger charge is -2.16. The first-order chi connectivity index (χ1) is 10.8. The van der Waals surface area contributed by atoms with Crippen LogP contribution >= 0.6 is 0 Å². The normalized spacial score (nSPS) is 14.7. The van der Waals surface area contributed by atoms with E-state index in [0.29, 0.717) is 11.4 Å². The van der Waals surface area contributed by atoms with Crippen molar-refractivity contribution in [3.8, 4) is 0 Å². The van der Waals surface area contributed by atoms with E-state index in [4.69, 9.17) is 0 Å². The molecule has 9 heteroatoms. The highest BCUT2D eigenvalue weighted by atomic mass is 16.2. The highest BCUT2D eigenvalue weighted by Crippen LogP contribution is 2.13. The first kappa shape index (κ1) is 18.6. The van der Waals surface area contributed by atoms with Crippen LogP contribution in [0.25, 0.3) is 0 Å². The molecular formula is C14H22N4O5. The van der Waals surface area contributed by atoms with Gasteiger partial charge in [-0.2, -0.15) is 0 Å². The van der Waals surface area contributed by atoms with Crippen molar-refractivity contribution < 1.29 is 24.0 Å². The fourth-order valence-corrected chi connectivity index (χ4v) is 1.95. The quantitative estimate of drug-likeness (QED) is 0.390. The first-order valence-electron chi connectivity index (χ1n) is 7.52. The predicted octanol–water partition coefficient (Wildman–Crippen LogP) is 0.0591. The molecule has 0 unspecified atom stereocenters. The number of rotatable bonds is 7. The van der Waals surface area contributed by atoms with Crippen LogP contribution in [0.5, 0.6) is 0 Å². The second kappa shape index (κ2) is 8.25. The van der Waals surface area contributed by atoms with Gasteiger partial charge < -0.3 is 5.32 Å². The van der Waals surface area contributed by atoms with Gasteiger partial charge in [0.25, 0.3) is 0 Å². The maximum atomic E-state index is 12.0. The van der Waals surface area contributed by atoms with Gasteiger partial charge in [-0.1, -0.05) is 27.2 Å². The Bertz CT molecular complexity index is 517. The zero-order valence-electron chi connectivity index (χ0n) is 13.5. The summed E-state index contributed by atoms with van der Waals surface area (Å²) >= 11 is 0. The molecule has 0 aliphatic carbocycles. The first-order valence-corrected chi connectivity index (χ1v) is 7.52. The van der Waals surface area contributed by atoms with Crippen LogP contribution < -0.4 is 10.6 Å². The average molecular weight is 326 g/mol. The standard InChI is InChI=1S/C14H22N4O5/c1-4-5-6-15-13(22)16-10(19)8-18-12(21)11(20)17(14(18)23)7-9(2)3/h9H,4-8H2,1-3H3,(H2,15,16,19,22). The predicted molar refractivity (Wildman–Crippen MR) is 80.1 cm³/mol. The number of hydrogen-bond acceptors (Lipinski definition) is 5. The van der Waals surface area contributed by atoms with Gasteiger partial charge in [-0.25, -0.2) is 14.5 Å². The Morgan fingerprint density at radius 3 is 2.26 bits per heavy atom. The summed E-state index contributed by atoms with van der Waals surface area (Å²) in [6.45, 7) is 5.38. The van der Waals surface area contributed by atoms with Crippen molar-refractivity contribution in [2.45, 2.75) is 33.6 Å². The molecule has 128 valence electrons. The van der Waals surface area contributed by atoms with Crippen LogP contribution in [0.2, 0.25) is 0 Å². The molecule has 1 rings (SSSR count). The van der Waals surface area contributed by atoms with E-state index in [9.17, 15) is 24.0 Å². The van der Waals surface area contributed by atoms with Crippen LogP contribution in [-0.4, -0.2) is 59.2 Å². The van der Waals surface area contributed by atoms with Gasteiger partial charge in [0.15, 0.2) is 0 Å². The molecule has 0 aromatic rings. The average Bonchev–Trinajstić information content (AvgIpc) is 2.65. The summed E-state index contributed by atoms with van der Waals surface area (Å²) < 4.78 is 0. The molecule has 0 atom stereocenters. The van der Waals surface area contributed by atoms with Crippen molar-refractivity contribution in [1.82, 2.24) is 20.4 Å². The number of urea groups is 2. The maximum absolute atomic E-state index is 12.0. The Morgan fingerprint density at radius 1 is 1.09 bits per heavy atom. The van der Waals surface area contributed by atoms with Crippen molar-refractivity contribution in [2.75, 3.05) is 19.6 Å². The Balaban J connectivity index is 2.57. The molecule has 0 aromatic carbocycles. The summed E-state index contributed by atoms with van der Waals surface area (Å²) in [7, 11) is 0. The third-order valence-corrected chi connectivity index (χ3v) is 3.05. The molecule has 23 heavy (non-hydrogen) atoms. The second-order valence-electron chi connectivity index (χ2n) is 5.64. The third kappa shape index (κ3) is 5.04. The van der Waals surface area contributed by atoms with E-state index in [1.807, 2.05) is 12.2 Å². The lowest BCUT2D eigenvalue weighted by molar-refractivity contribution is -0.144. The second-order valence-corrected chi connectivity index (χ2v) is 5.64. The van der Waals surface area contributed by atoms with Crippen LogP contribution in [0.15, 0.2) is 0 Å². The number of amides is 7. The highest BCUT2D eigenvalue weighted by molar-refractivity contribution is 6.45. The minimum Gasteiger partial charge on any atom is -0.338 e. The SMILES string of the molecule is CCCCNC(=O)NC(=O)CN1C(=O)C(=O)N(CC(C)C)C1=O. The van der Waals surface area contributed by atoms with Crippen molar-refractivity contribution in [2.24, 2.45) is 5.92 Å². The van der Waals surface area contributed by atoms with Crippen LogP contribution in [0.3, 0.4) is 0 Å². The fraction of sp³-hybridized carbons (Fsp3) is 0.643. The van der Waals surface area contributed by atoms with Gasteiger partial charge in [-0.3, -0.25) is 24.6 Å². The van der Waals surface area contributed by atoms with E-state index >= 15 is 0 Å². The van der Waals surface area contributed by atoms with E-state index in [2.05, 4.69) is 5.32 Å². The topological polar surface area (TPSA) is 116 Å². The van der Waals surface area contributed by atoms with Crippen molar-refractivity contribution >= 4 is 29.8 Å². The zero-order chi connectivity index (χ0) is 17.6. The molecule has 0 spiro atoms. The van der Waals surface area contributed by atoms with E-state index in [0.717, 1.165) is 17.7 Å². The number of carbonyl (C=O) groups excluding carboxylic acids is 5. The van der Waals surface area contributed by atoms with Gasteiger partial charge in [-0.15, -0.1) is 0 Å². The molecule has 1 fully saturated rings. The van der Waals surface area contributed by atoms with Crippen LogP contribution in [0.4, 0.5) is 9.59 Å². The molecule has 0 aromatic heterocycles. The summed E-state index contributed by atoms with van der Waals surface area (Å²) in [6.07, 6.45) is 1.65. The van der Waals surface area contributed by atoms with Gasteiger partial charge in [0.2, 0.25) is 5.91 Å². The lowest BCUT2D eigenvalue weighted by Crippen LogP contribution is -2.46. The third-order valence-electron chi connectivity index (χ3n) is 3.05. The molecule has 1 saturated heterocycles. The van der Waals surface area contributed by atoms with E-state index < -0.39 is 36.3 Å². The molecular weight excluding hydrogens is 304 g/mol. The van der Waals surface area contributed by atoms with Crippen LogP contribution in [0, 0.1) is 5.92 Å². The lowest BCUT2D eigenvalue weighted by atomic mass is 10.2. The number of imide groups is 3. The summed E-state index contributed by atoms with van der Waals surface area (Å²) in [4.78, 5) is 60.0. The minimum atomic E-state index is -1.06. The fourth-order valence-electron chi connectivity index (χ4n) is 1.95. The number of hydrogen-bond donors (Lipinski definition) is 2. The van der Waals surface area contributed by atoms with Gasteiger partial charge in [0, 0.05) is 13.1 Å². The Morgan fingerprint density at radius 2 is 1.70 bits per heavy atom. The largest absolute Gasteiger partial charge is 0.338 e. The molecule has 0 bridgehead atoms. The zero-order valence-corrected chi connectivity index (χ0v) is 13.5. The highest BCUT2D eigenvalue weighted by Gasteiger charge is 2.45. The summed E-state index contributed by atoms with van der Waals surface area (Å²) in [5, 5.41) is 4.48. The monoisotopic (exact) mass is 326 g/mol. The summed E-state index contributed by atoms with van der Waals surface area (Å²) in [5.41, 5.74) is 0. The van der Waals surface area contributed by atoms with Gasteiger partial charge in [0.05, 0.1) is 0 Å². The number of carbonyl (C=O) groups is 5. The van der Waals surface area contributed by atoms with E-state index in [1.165, 1.54) is 0 Å². The molecule has 0 radical (unpaired) electrons. The van der Waals surface area contributed by atoms with Gasteiger partial charge in [-0.05, 0) is 12.3 Å². The van der Waals surface area contributed by atoms with Crippen molar-refractivity contribution in [3.63, 3.8) is 0 Å². The Labute approximate surface area is 134 Å². The van der Waals surface area contributed by atoms with Gasteiger partial charge >= 0.3 is 23.9 Å². The number of unbranched alkanes of at least 4 members (excludes halogenated alkanes) is 1. The number of nitrogens with zero attached hydrogens (tertiary/aromatic N) is 2.